The van der Waals surface area contributed by atoms with Crippen LogP contribution in [0.2, 0.25) is 0 Å². The average molecular weight is 412 g/mol. The topological polar surface area (TPSA) is 70.5 Å². The summed E-state index contributed by atoms with van der Waals surface area (Å²) in [6.07, 6.45) is 4.27. The third-order valence-corrected chi connectivity index (χ3v) is 5.83. The third-order valence-electron chi connectivity index (χ3n) is 5.83. The van der Waals surface area contributed by atoms with E-state index in [9.17, 15) is 9.59 Å². The molecule has 1 amide bonds. The molecule has 3 rings (SSSR count). The van der Waals surface area contributed by atoms with Crippen molar-refractivity contribution in [3.63, 3.8) is 0 Å². The molecule has 1 aromatic heterocycles. The molecule has 0 bridgehead atoms. The Morgan fingerprint density at radius 1 is 1.23 bits per heavy atom. The maximum absolute atomic E-state index is 12.5. The molecule has 1 aliphatic heterocycles. The van der Waals surface area contributed by atoms with E-state index in [1.54, 1.807) is 19.3 Å². The number of hydrogen-bond acceptors (Lipinski definition) is 5. The summed E-state index contributed by atoms with van der Waals surface area (Å²) in [6.45, 7) is 7.34. The number of carbonyl (C=O) groups excluding carboxylic acids is 1. The van der Waals surface area contributed by atoms with E-state index >= 15 is 0 Å². The molecule has 0 radical (unpaired) electrons. The number of nitrogens with one attached hydrogen (secondary N) is 1. The quantitative estimate of drug-likeness (QED) is 0.640. The third kappa shape index (κ3) is 6.16. The van der Waals surface area contributed by atoms with Crippen LogP contribution in [-0.2, 0) is 18.4 Å². The van der Waals surface area contributed by atoms with Gasteiger partial charge in [0, 0.05) is 51.8 Å². The van der Waals surface area contributed by atoms with Crippen LogP contribution in [0.1, 0.15) is 31.7 Å². The smallest absolute Gasteiger partial charge is 0.268 e. The number of piperidine rings is 1. The first-order valence-corrected chi connectivity index (χ1v) is 10.9. The maximum atomic E-state index is 12.5. The normalized spacial score (nSPS) is 14.8. The first kappa shape index (κ1) is 22.0. The molecule has 7 nitrogen and oxygen atoms in total. The van der Waals surface area contributed by atoms with Crippen molar-refractivity contribution in [2.24, 2.45) is 13.0 Å². The van der Waals surface area contributed by atoms with Crippen LogP contribution in [-0.4, -0.2) is 53.3 Å². The molecule has 0 saturated carbocycles. The predicted octanol–water partition coefficient (Wildman–Crippen LogP) is 2.03. The molecule has 1 fully saturated rings. The molecule has 2 heterocycles. The van der Waals surface area contributed by atoms with E-state index in [4.69, 9.17) is 0 Å². The fourth-order valence-electron chi connectivity index (χ4n) is 3.88. The van der Waals surface area contributed by atoms with Gasteiger partial charge in [-0.15, -0.1) is 0 Å². The van der Waals surface area contributed by atoms with Gasteiger partial charge in [0.05, 0.1) is 11.9 Å². The Balaban J connectivity index is 1.36. The predicted molar refractivity (Wildman–Crippen MR) is 119 cm³/mol. The van der Waals surface area contributed by atoms with Crippen LogP contribution in [0.3, 0.4) is 0 Å². The Kier molecular flexibility index (Phi) is 8.02. The number of amides is 1. The molecule has 0 aliphatic carbocycles. The van der Waals surface area contributed by atoms with Crippen molar-refractivity contribution in [3.05, 3.63) is 58.5 Å². The largest absolute Gasteiger partial charge is 0.370 e. The van der Waals surface area contributed by atoms with Crippen LogP contribution in [0.15, 0.2) is 47.4 Å². The molecule has 7 heteroatoms. The van der Waals surface area contributed by atoms with Gasteiger partial charge in [-0.05, 0) is 31.4 Å². The molecule has 30 heavy (non-hydrogen) atoms. The lowest BCUT2D eigenvalue weighted by Crippen LogP contribution is -2.41. The zero-order valence-corrected chi connectivity index (χ0v) is 18.1. The van der Waals surface area contributed by atoms with E-state index in [1.165, 1.54) is 10.2 Å². The SMILES string of the molecule is CCN(CCCNC(=O)C1CCN(c2cnn(C)c(=O)c2)CC1)Cc1ccccc1. The Morgan fingerprint density at radius 2 is 1.97 bits per heavy atom. The summed E-state index contributed by atoms with van der Waals surface area (Å²) in [5.74, 6) is 0.204. The molecule has 0 unspecified atom stereocenters. The lowest BCUT2D eigenvalue weighted by Gasteiger charge is -2.32. The molecule has 1 saturated heterocycles. The van der Waals surface area contributed by atoms with Crippen LogP contribution < -0.4 is 15.8 Å². The summed E-state index contributed by atoms with van der Waals surface area (Å²) in [6, 6.07) is 12.1. The van der Waals surface area contributed by atoms with Crippen molar-refractivity contribution in [2.45, 2.75) is 32.7 Å². The van der Waals surface area contributed by atoms with E-state index < -0.39 is 0 Å². The summed E-state index contributed by atoms with van der Waals surface area (Å²) < 4.78 is 1.32. The fraction of sp³-hybridized carbons (Fsp3) is 0.522. The molecular formula is C23H33N5O2. The van der Waals surface area contributed by atoms with E-state index in [1.807, 2.05) is 6.07 Å². The van der Waals surface area contributed by atoms with E-state index in [2.05, 4.69) is 51.4 Å². The van der Waals surface area contributed by atoms with Gasteiger partial charge in [0.2, 0.25) is 5.91 Å². The van der Waals surface area contributed by atoms with Crippen molar-refractivity contribution >= 4 is 11.6 Å². The molecule has 1 aromatic carbocycles. The molecule has 162 valence electrons. The van der Waals surface area contributed by atoms with Gasteiger partial charge in [-0.1, -0.05) is 37.3 Å². The van der Waals surface area contributed by atoms with Crippen LogP contribution in [0, 0.1) is 5.92 Å². The summed E-state index contributed by atoms with van der Waals surface area (Å²) in [5, 5.41) is 7.20. The fourth-order valence-corrected chi connectivity index (χ4v) is 3.88. The van der Waals surface area contributed by atoms with Gasteiger partial charge in [0.1, 0.15) is 0 Å². The number of hydrogen-bond donors (Lipinski definition) is 1. The summed E-state index contributed by atoms with van der Waals surface area (Å²) in [5.41, 5.74) is 2.05. The molecule has 0 atom stereocenters. The second kappa shape index (κ2) is 10.9. The molecule has 2 aromatic rings. The minimum Gasteiger partial charge on any atom is -0.370 e. The lowest BCUT2D eigenvalue weighted by molar-refractivity contribution is -0.125. The van der Waals surface area contributed by atoms with Gasteiger partial charge < -0.3 is 10.2 Å². The zero-order chi connectivity index (χ0) is 21.3. The van der Waals surface area contributed by atoms with Gasteiger partial charge in [-0.25, -0.2) is 4.68 Å². The number of nitrogens with zero attached hydrogens (tertiary/aromatic N) is 4. The minimum atomic E-state index is -0.110. The Morgan fingerprint density at radius 3 is 2.63 bits per heavy atom. The van der Waals surface area contributed by atoms with Gasteiger partial charge in [0.25, 0.3) is 5.56 Å². The second-order valence-corrected chi connectivity index (χ2v) is 7.94. The van der Waals surface area contributed by atoms with Crippen LogP contribution in [0.4, 0.5) is 5.69 Å². The molecule has 0 spiro atoms. The van der Waals surface area contributed by atoms with Gasteiger partial charge >= 0.3 is 0 Å². The Bertz CT molecular complexity index is 859. The Hall–Kier alpha value is -2.67. The number of aryl methyl sites for hydroxylation is 1. The monoisotopic (exact) mass is 411 g/mol. The number of benzene rings is 1. The Labute approximate surface area is 178 Å². The summed E-state index contributed by atoms with van der Waals surface area (Å²) >= 11 is 0. The number of anilines is 1. The van der Waals surface area contributed by atoms with Crippen molar-refractivity contribution in [1.29, 1.82) is 0 Å². The number of carbonyl (C=O) groups is 1. The highest BCUT2D eigenvalue weighted by atomic mass is 16.2. The van der Waals surface area contributed by atoms with Crippen molar-refractivity contribution < 1.29 is 4.79 Å². The van der Waals surface area contributed by atoms with Crippen LogP contribution >= 0.6 is 0 Å². The minimum absolute atomic E-state index is 0.0485. The highest BCUT2D eigenvalue weighted by Crippen LogP contribution is 2.21. The summed E-state index contributed by atoms with van der Waals surface area (Å²) in [7, 11) is 1.64. The van der Waals surface area contributed by atoms with Crippen LogP contribution in [0.25, 0.3) is 0 Å². The first-order chi connectivity index (χ1) is 14.6. The van der Waals surface area contributed by atoms with E-state index in [-0.39, 0.29) is 17.4 Å². The zero-order valence-electron chi connectivity index (χ0n) is 18.1. The number of aromatic nitrogens is 2. The highest BCUT2D eigenvalue weighted by Gasteiger charge is 2.25. The standard InChI is InChI=1S/C23H33N5O2/c1-3-27(18-19-8-5-4-6-9-19)13-7-12-24-23(30)20-10-14-28(15-11-20)21-16-22(29)26(2)25-17-21/h4-6,8-9,16-17,20H,3,7,10-15,18H2,1-2H3,(H,24,30). The molecule has 1 N–H and O–H groups in total. The van der Waals surface area contributed by atoms with E-state index in [0.717, 1.165) is 57.7 Å². The summed E-state index contributed by atoms with van der Waals surface area (Å²) in [4.78, 5) is 28.9. The molecular weight excluding hydrogens is 378 g/mol. The molecule has 1 aliphatic rings. The van der Waals surface area contributed by atoms with Crippen LogP contribution in [0.5, 0.6) is 0 Å². The van der Waals surface area contributed by atoms with Crippen molar-refractivity contribution in [2.75, 3.05) is 37.6 Å². The van der Waals surface area contributed by atoms with Crippen molar-refractivity contribution in [3.8, 4) is 0 Å². The maximum Gasteiger partial charge on any atom is 0.268 e. The average Bonchev–Trinajstić information content (AvgIpc) is 2.78. The van der Waals surface area contributed by atoms with E-state index in [0.29, 0.717) is 6.54 Å². The van der Waals surface area contributed by atoms with Gasteiger partial charge in [-0.3, -0.25) is 14.5 Å². The first-order valence-electron chi connectivity index (χ1n) is 10.9. The number of rotatable bonds is 9. The van der Waals surface area contributed by atoms with Gasteiger partial charge in [-0.2, -0.15) is 5.10 Å². The lowest BCUT2D eigenvalue weighted by atomic mass is 9.95. The second-order valence-electron chi connectivity index (χ2n) is 7.94. The highest BCUT2D eigenvalue weighted by molar-refractivity contribution is 5.78. The van der Waals surface area contributed by atoms with Crippen molar-refractivity contribution in [1.82, 2.24) is 20.0 Å². The van der Waals surface area contributed by atoms with Gasteiger partial charge in [0.15, 0.2) is 0 Å².